The topological polar surface area (TPSA) is 86.1 Å². The molecular formula is C26H36N4O2S2. The molecule has 1 saturated carbocycles. The molecule has 0 bridgehead atoms. The van der Waals surface area contributed by atoms with Gasteiger partial charge in [-0.05, 0) is 30.5 Å². The van der Waals surface area contributed by atoms with Gasteiger partial charge in [-0.25, -0.2) is 4.98 Å². The molecule has 8 heteroatoms. The Balaban J connectivity index is 0.000000229. The Morgan fingerprint density at radius 1 is 1.18 bits per heavy atom. The number of thiazole rings is 1. The number of amides is 1. The summed E-state index contributed by atoms with van der Waals surface area (Å²) >= 11 is 1.77. The van der Waals surface area contributed by atoms with Crippen LogP contribution in [0.15, 0.2) is 30.5 Å². The molecule has 2 heterocycles. The minimum absolute atomic E-state index is 0.0660. The van der Waals surface area contributed by atoms with Crippen molar-refractivity contribution < 1.29 is 9.00 Å². The molecule has 184 valence electrons. The summed E-state index contributed by atoms with van der Waals surface area (Å²) in [5.74, 6) is 1.81. The Morgan fingerprint density at radius 3 is 2.38 bits per heavy atom. The Labute approximate surface area is 210 Å². The molecule has 1 amide bonds. The number of nitriles is 1. The molecule has 2 aromatic rings. The lowest BCUT2D eigenvalue weighted by Crippen LogP contribution is -2.37. The summed E-state index contributed by atoms with van der Waals surface area (Å²) in [6, 6.07) is 10.6. The van der Waals surface area contributed by atoms with Crippen molar-refractivity contribution in [1.29, 1.82) is 5.26 Å². The predicted octanol–water partition coefficient (Wildman–Crippen LogP) is 4.88. The maximum Gasteiger partial charge on any atom is 0.223 e. The number of hydrogen-bond donors (Lipinski definition) is 1. The van der Waals surface area contributed by atoms with E-state index in [0.717, 1.165) is 50.3 Å². The first-order chi connectivity index (χ1) is 16.3. The number of anilines is 1. The van der Waals surface area contributed by atoms with Crippen LogP contribution in [0.3, 0.4) is 0 Å². The van der Waals surface area contributed by atoms with E-state index in [1.807, 2.05) is 12.3 Å². The van der Waals surface area contributed by atoms with Crippen molar-refractivity contribution in [2.45, 2.75) is 58.3 Å². The summed E-state index contributed by atoms with van der Waals surface area (Å²) in [4.78, 5) is 19.4. The zero-order valence-corrected chi connectivity index (χ0v) is 22.1. The first-order valence-corrected chi connectivity index (χ1v) is 14.4. The largest absolute Gasteiger partial charge is 0.370 e. The fraction of sp³-hybridized carbons (Fsp3) is 0.577. The Kier molecular flexibility index (Phi) is 9.66. The van der Waals surface area contributed by atoms with Gasteiger partial charge in [0.2, 0.25) is 5.91 Å². The van der Waals surface area contributed by atoms with Crippen LogP contribution >= 0.6 is 11.3 Å². The van der Waals surface area contributed by atoms with Crippen molar-refractivity contribution >= 4 is 33.7 Å². The fourth-order valence-electron chi connectivity index (χ4n) is 4.12. The number of rotatable bonds is 4. The standard InChI is InChI=1S/C17H22N2OS2.C9H14N2O/c1-17(2,3)16-18-12-15(21-16)13-4-6-14(7-5-13)19-8-10-22(20)11-9-19;10-6-7-11-9(12)8-4-2-1-3-5-8/h4-7,12H,8-11H2,1-3H3;8H,1-5,7H2,(H,11,12). The normalized spacial score (nSPS) is 17.4. The van der Waals surface area contributed by atoms with Gasteiger partial charge in [-0.15, -0.1) is 11.3 Å². The highest BCUT2D eigenvalue weighted by atomic mass is 32.2. The summed E-state index contributed by atoms with van der Waals surface area (Å²) in [6.45, 7) is 8.51. The van der Waals surface area contributed by atoms with Gasteiger partial charge in [0.1, 0.15) is 6.54 Å². The number of aromatic nitrogens is 1. The molecule has 0 spiro atoms. The van der Waals surface area contributed by atoms with Crippen LogP contribution in [0.5, 0.6) is 0 Å². The minimum atomic E-state index is -0.623. The van der Waals surface area contributed by atoms with Crippen molar-refractivity contribution in [3.05, 3.63) is 35.5 Å². The lowest BCUT2D eigenvalue weighted by atomic mass is 9.89. The lowest BCUT2D eigenvalue weighted by molar-refractivity contribution is -0.125. The van der Waals surface area contributed by atoms with Gasteiger partial charge in [0, 0.05) is 58.6 Å². The number of carbonyl (C=O) groups excluding carboxylic acids is 1. The molecule has 4 rings (SSSR count). The Hall–Kier alpha value is -2.24. The average molecular weight is 501 g/mol. The molecule has 0 atom stereocenters. The molecule has 34 heavy (non-hydrogen) atoms. The number of nitrogens with one attached hydrogen (secondary N) is 1. The van der Waals surface area contributed by atoms with Gasteiger partial charge >= 0.3 is 0 Å². The number of carbonyl (C=O) groups is 1. The highest BCUT2D eigenvalue weighted by Crippen LogP contribution is 2.33. The number of benzene rings is 1. The van der Waals surface area contributed by atoms with Crippen molar-refractivity contribution in [3.63, 3.8) is 0 Å². The van der Waals surface area contributed by atoms with Gasteiger partial charge in [-0.2, -0.15) is 5.26 Å². The van der Waals surface area contributed by atoms with Crippen LogP contribution in [0.4, 0.5) is 5.69 Å². The van der Waals surface area contributed by atoms with Crippen LogP contribution in [-0.2, 0) is 21.0 Å². The Morgan fingerprint density at radius 2 is 1.82 bits per heavy atom. The van der Waals surface area contributed by atoms with Crippen LogP contribution in [0, 0.1) is 17.2 Å². The second-order valence-corrected chi connectivity index (χ2v) is 12.6. The van der Waals surface area contributed by atoms with Crippen molar-refractivity contribution in [2.24, 2.45) is 5.92 Å². The maximum atomic E-state index is 11.4. The van der Waals surface area contributed by atoms with Crippen LogP contribution in [0.1, 0.15) is 57.9 Å². The van der Waals surface area contributed by atoms with E-state index in [4.69, 9.17) is 5.26 Å². The molecule has 2 fully saturated rings. The van der Waals surface area contributed by atoms with E-state index in [1.165, 1.54) is 27.6 Å². The van der Waals surface area contributed by atoms with Crippen molar-refractivity contribution in [3.8, 4) is 16.5 Å². The number of hydrogen-bond acceptors (Lipinski definition) is 6. The molecular weight excluding hydrogens is 464 g/mol. The van der Waals surface area contributed by atoms with Gasteiger partial charge < -0.3 is 10.2 Å². The molecule has 2 aliphatic rings. The highest BCUT2D eigenvalue weighted by Gasteiger charge is 2.20. The van der Waals surface area contributed by atoms with E-state index in [9.17, 15) is 9.00 Å². The first kappa shape index (κ1) is 26.4. The maximum absolute atomic E-state index is 11.4. The van der Waals surface area contributed by atoms with E-state index in [2.05, 4.69) is 60.2 Å². The third-order valence-electron chi connectivity index (χ3n) is 6.16. The summed E-state index contributed by atoms with van der Waals surface area (Å²) in [5, 5.41) is 12.0. The van der Waals surface area contributed by atoms with Gasteiger partial charge in [-0.3, -0.25) is 9.00 Å². The monoisotopic (exact) mass is 500 g/mol. The van der Waals surface area contributed by atoms with Crippen molar-refractivity contribution in [2.75, 3.05) is 36.0 Å². The van der Waals surface area contributed by atoms with Crippen molar-refractivity contribution in [1.82, 2.24) is 10.3 Å². The summed E-state index contributed by atoms with van der Waals surface area (Å²) in [7, 11) is -0.623. The third kappa shape index (κ3) is 7.64. The fourth-order valence-corrected chi connectivity index (χ4v) is 6.15. The molecule has 0 radical (unpaired) electrons. The highest BCUT2D eigenvalue weighted by molar-refractivity contribution is 7.85. The van der Waals surface area contributed by atoms with Crippen LogP contribution in [0.2, 0.25) is 0 Å². The second kappa shape index (κ2) is 12.5. The van der Waals surface area contributed by atoms with E-state index < -0.39 is 10.8 Å². The molecule has 1 saturated heterocycles. The Bertz CT molecular complexity index is 989. The SMILES string of the molecule is CC(C)(C)c1ncc(-c2ccc(N3CCS(=O)CC3)cc2)s1.N#CCNC(=O)C1CCCCC1. The van der Waals surface area contributed by atoms with Gasteiger partial charge in [0.05, 0.1) is 16.0 Å². The molecule has 1 aromatic heterocycles. The molecule has 1 aromatic carbocycles. The number of nitrogens with zero attached hydrogens (tertiary/aromatic N) is 3. The van der Waals surface area contributed by atoms with E-state index in [0.29, 0.717) is 0 Å². The third-order valence-corrected chi connectivity index (χ3v) is 8.91. The molecule has 0 unspecified atom stereocenters. The van der Waals surface area contributed by atoms with Gasteiger partial charge in [-0.1, -0.05) is 52.2 Å². The van der Waals surface area contributed by atoms with E-state index >= 15 is 0 Å². The van der Waals surface area contributed by atoms with E-state index in [-0.39, 0.29) is 23.8 Å². The van der Waals surface area contributed by atoms with Crippen LogP contribution in [-0.4, -0.2) is 46.2 Å². The molecule has 1 aliphatic heterocycles. The van der Waals surface area contributed by atoms with E-state index in [1.54, 1.807) is 11.3 Å². The molecule has 6 nitrogen and oxygen atoms in total. The molecule has 1 N–H and O–H groups in total. The summed E-state index contributed by atoms with van der Waals surface area (Å²) < 4.78 is 11.4. The van der Waals surface area contributed by atoms with Gasteiger partial charge in [0.15, 0.2) is 0 Å². The lowest BCUT2D eigenvalue weighted by Gasteiger charge is -2.28. The second-order valence-electron chi connectivity index (χ2n) is 9.87. The van der Waals surface area contributed by atoms with Gasteiger partial charge in [0.25, 0.3) is 0 Å². The van der Waals surface area contributed by atoms with Crippen LogP contribution < -0.4 is 10.2 Å². The zero-order valence-electron chi connectivity index (χ0n) is 20.5. The summed E-state index contributed by atoms with van der Waals surface area (Å²) in [6.07, 6.45) is 7.54. The minimum Gasteiger partial charge on any atom is -0.370 e. The average Bonchev–Trinajstić information content (AvgIpc) is 3.35. The predicted molar refractivity (Wildman–Crippen MR) is 142 cm³/mol. The zero-order chi connectivity index (χ0) is 24.6. The summed E-state index contributed by atoms with van der Waals surface area (Å²) in [5.41, 5.74) is 2.55. The molecule has 1 aliphatic carbocycles. The van der Waals surface area contributed by atoms with Crippen LogP contribution in [0.25, 0.3) is 10.4 Å². The quantitative estimate of drug-likeness (QED) is 0.605. The smallest absolute Gasteiger partial charge is 0.223 e. The first-order valence-electron chi connectivity index (χ1n) is 12.1.